The molecule has 1 aromatic rings. The van der Waals surface area contributed by atoms with Crippen LogP contribution in [0, 0.1) is 5.92 Å². The number of aromatic nitrogens is 1. The number of likely N-dealkylation sites (tertiary alicyclic amines) is 1. The Balaban J connectivity index is 2.07. The lowest BCUT2D eigenvalue weighted by Gasteiger charge is -2.13. The highest BCUT2D eigenvalue weighted by molar-refractivity contribution is 5.92. The van der Waals surface area contributed by atoms with E-state index in [1.165, 1.54) is 0 Å². The number of carbonyl (C=O) groups is 2. The third-order valence-electron chi connectivity index (χ3n) is 3.75. The van der Waals surface area contributed by atoms with E-state index < -0.39 is 0 Å². The summed E-state index contributed by atoms with van der Waals surface area (Å²) in [5.41, 5.74) is 5.52. The van der Waals surface area contributed by atoms with Gasteiger partial charge in [0.05, 0.1) is 6.10 Å². The molecule has 1 saturated heterocycles. The van der Waals surface area contributed by atoms with Gasteiger partial charge < -0.3 is 19.9 Å². The zero-order valence-corrected chi connectivity index (χ0v) is 12.5. The van der Waals surface area contributed by atoms with E-state index in [-0.39, 0.29) is 41.9 Å². The molecule has 2 amide bonds. The maximum Gasteiger partial charge on any atom is 0.276 e. The zero-order chi connectivity index (χ0) is 15.6. The van der Waals surface area contributed by atoms with Crippen LogP contribution < -0.4 is 5.73 Å². The van der Waals surface area contributed by atoms with Gasteiger partial charge in [-0.2, -0.15) is 0 Å². The summed E-state index contributed by atoms with van der Waals surface area (Å²) in [6.07, 6.45) is 0.0242. The fraction of sp³-hybridized carbons (Fsp3) is 0.643. The van der Waals surface area contributed by atoms with Gasteiger partial charge in [0.2, 0.25) is 5.91 Å². The number of carbonyl (C=O) groups excluding carboxylic acids is 2. The lowest BCUT2D eigenvalue weighted by molar-refractivity contribution is -0.119. The Morgan fingerprint density at radius 3 is 2.76 bits per heavy atom. The second-order valence-electron chi connectivity index (χ2n) is 5.68. The summed E-state index contributed by atoms with van der Waals surface area (Å²) in [5, 5.41) is 3.82. The molecule has 0 aliphatic carbocycles. The number of primary amides is 1. The van der Waals surface area contributed by atoms with Gasteiger partial charge >= 0.3 is 0 Å². The number of methoxy groups -OCH3 is 1. The number of ether oxygens (including phenoxy) is 1. The Morgan fingerprint density at radius 1 is 1.52 bits per heavy atom. The summed E-state index contributed by atoms with van der Waals surface area (Å²) >= 11 is 0. The van der Waals surface area contributed by atoms with Crippen molar-refractivity contribution in [2.75, 3.05) is 20.2 Å². The minimum absolute atomic E-state index is 0.0760. The molecule has 1 aliphatic rings. The van der Waals surface area contributed by atoms with E-state index in [1.54, 1.807) is 18.1 Å². The van der Waals surface area contributed by atoms with E-state index in [0.29, 0.717) is 18.8 Å². The number of hydrogen-bond acceptors (Lipinski definition) is 5. The van der Waals surface area contributed by atoms with Gasteiger partial charge in [-0.15, -0.1) is 0 Å². The zero-order valence-electron chi connectivity index (χ0n) is 12.5. The van der Waals surface area contributed by atoms with E-state index in [1.807, 2.05) is 13.8 Å². The van der Waals surface area contributed by atoms with Crippen LogP contribution >= 0.6 is 0 Å². The molecule has 0 aromatic carbocycles. The van der Waals surface area contributed by atoms with Gasteiger partial charge in [0.1, 0.15) is 5.76 Å². The molecule has 2 heterocycles. The molecule has 2 N–H and O–H groups in total. The third-order valence-corrected chi connectivity index (χ3v) is 3.75. The van der Waals surface area contributed by atoms with Crippen molar-refractivity contribution in [2.45, 2.75) is 32.3 Å². The van der Waals surface area contributed by atoms with Crippen LogP contribution in [-0.4, -0.2) is 48.2 Å². The van der Waals surface area contributed by atoms with Gasteiger partial charge in [-0.25, -0.2) is 0 Å². The monoisotopic (exact) mass is 295 g/mol. The SMILES string of the molecule is CO[C@H]1CN(C(=O)c2cc(C(C)C)on2)C[C@H]1CC(N)=O. The average molecular weight is 295 g/mol. The molecule has 7 heteroatoms. The summed E-state index contributed by atoms with van der Waals surface area (Å²) in [7, 11) is 1.57. The smallest absolute Gasteiger partial charge is 0.276 e. The Morgan fingerprint density at radius 2 is 2.24 bits per heavy atom. The predicted molar refractivity (Wildman–Crippen MR) is 74.6 cm³/mol. The van der Waals surface area contributed by atoms with Gasteiger partial charge in [0.15, 0.2) is 5.69 Å². The van der Waals surface area contributed by atoms with E-state index in [9.17, 15) is 9.59 Å². The molecule has 1 aromatic heterocycles. The second kappa shape index (κ2) is 6.26. The van der Waals surface area contributed by atoms with Crippen molar-refractivity contribution in [3.63, 3.8) is 0 Å². The first-order valence-electron chi connectivity index (χ1n) is 6.99. The van der Waals surface area contributed by atoms with Crippen LogP contribution in [0.2, 0.25) is 0 Å². The van der Waals surface area contributed by atoms with Crippen LogP contribution in [0.15, 0.2) is 10.6 Å². The Hall–Kier alpha value is -1.89. The highest BCUT2D eigenvalue weighted by Crippen LogP contribution is 2.24. The second-order valence-corrected chi connectivity index (χ2v) is 5.68. The van der Waals surface area contributed by atoms with Crippen molar-refractivity contribution in [1.82, 2.24) is 10.1 Å². The number of amides is 2. The molecule has 21 heavy (non-hydrogen) atoms. The Bertz CT molecular complexity index is 526. The molecule has 116 valence electrons. The van der Waals surface area contributed by atoms with Crippen molar-refractivity contribution >= 4 is 11.8 Å². The number of nitrogens with zero attached hydrogens (tertiary/aromatic N) is 2. The third kappa shape index (κ3) is 3.41. The summed E-state index contributed by atoms with van der Waals surface area (Å²) in [6.45, 7) is 4.80. The van der Waals surface area contributed by atoms with Crippen LogP contribution in [-0.2, 0) is 9.53 Å². The Kier molecular flexibility index (Phi) is 4.62. The highest BCUT2D eigenvalue weighted by atomic mass is 16.5. The van der Waals surface area contributed by atoms with Crippen LogP contribution in [0.1, 0.15) is 42.4 Å². The summed E-state index contributed by atoms with van der Waals surface area (Å²) in [5.74, 6) is 0.175. The van der Waals surface area contributed by atoms with Crippen molar-refractivity contribution in [1.29, 1.82) is 0 Å². The molecule has 0 unspecified atom stereocenters. The Labute approximate surface area is 123 Å². The van der Waals surface area contributed by atoms with Crippen LogP contribution in [0.25, 0.3) is 0 Å². The maximum absolute atomic E-state index is 12.4. The van der Waals surface area contributed by atoms with Crippen molar-refractivity contribution < 1.29 is 18.8 Å². The van der Waals surface area contributed by atoms with Gasteiger partial charge in [0.25, 0.3) is 5.91 Å². The normalized spacial score (nSPS) is 22.0. The number of rotatable bonds is 5. The molecule has 1 aliphatic heterocycles. The molecule has 0 bridgehead atoms. The first-order valence-corrected chi connectivity index (χ1v) is 6.99. The molecular weight excluding hydrogens is 274 g/mol. The van der Waals surface area contributed by atoms with Crippen molar-refractivity contribution in [2.24, 2.45) is 11.7 Å². The molecule has 1 fully saturated rings. The molecule has 0 saturated carbocycles. The molecule has 7 nitrogen and oxygen atoms in total. The van der Waals surface area contributed by atoms with Crippen molar-refractivity contribution in [3.05, 3.63) is 17.5 Å². The van der Waals surface area contributed by atoms with Crippen LogP contribution in [0.3, 0.4) is 0 Å². The predicted octanol–water partition coefficient (Wildman–Crippen LogP) is 0.760. The first-order chi connectivity index (χ1) is 9.92. The van der Waals surface area contributed by atoms with Crippen LogP contribution in [0.4, 0.5) is 0 Å². The fourth-order valence-corrected chi connectivity index (χ4v) is 2.55. The number of hydrogen-bond donors (Lipinski definition) is 1. The quantitative estimate of drug-likeness (QED) is 0.864. The highest BCUT2D eigenvalue weighted by Gasteiger charge is 2.37. The standard InChI is InChI=1S/C14H21N3O4/c1-8(2)11-5-10(16-21-11)14(19)17-6-9(4-13(15)18)12(7-17)20-3/h5,8-9,12H,4,6-7H2,1-3H3,(H2,15,18)/t9-,12+/m1/s1. The van der Waals surface area contributed by atoms with Gasteiger partial charge in [-0.1, -0.05) is 19.0 Å². The number of nitrogens with two attached hydrogens (primary N) is 1. The lowest BCUT2D eigenvalue weighted by Crippen LogP contribution is -2.30. The first kappa shape index (κ1) is 15.5. The molecular formula is C14H21N3O4. The lowest BCUT2D eigenvalue weighted by atomic mass is 10.0. The van der Waals surface area contributed by atoms with Gasteiger partial charge in [-0.05, 0) is 0 Å². The van der Waals surface area contributed by atoms with Gasteiger partial charge in [-0.3, -0.25) is 9.59 Å². The molecule has 0 spiro atoms. The average Bonchev–Trinajstić information content (AvgIpc) is 3.03. The van der Waals surface area contributed by atoms with E-state index in [4.69, 9.17) is 15.0 Å². The fourth-order valence-electron chi connectivity index (χ4n) is 2.55. The summed E-state index contributed by atoms with van der Waals surface area (Å²) < 4.78 is 10.5. The molecule has 0 radical (unpaired) electrons. The minimum atomic E-state index is -0.389. The molecule has 2 rings (SSSR count). The summed E-state index contributed by atoms with van der Waals surface area (Å²) in [6, 6.07) is 1.66. The van der Waals surface area contributed by atoms with Crippen molar-refractivity contribution in [3.8, 4) is 0 Å². The van der Waals surface area contributed by atoms with E-state index in [2.05, 4.69) is 5.16 Å². The van der Waals surface area contributed by atoms with Crippen LogP contribution in [0.5, 0.6) is 0 Å². The maximum atomic E-state index is 12.4. The van der Waals surface area contributed by atoms with E-state index in [0.717, 1.165) is 0 Å². The molecule has 2 atom stereocenters. The summed E-state index contributed by atoms with van der Waals surface area (Å²) in [4.78, 5) is 25.1. The largest absolute Gasteiger partial charge is 0.379 e. The van der Waals surface area contributed by atoms with Gasteiger partial charge in [0, 0.05) is 44.5 Å². The topological polar surface area (TPSA) is 98.7 Å². The minimum Gasteiger partial charge on any atom is -0.379 e. The van der Waals surface area contributed by atoms with E-state index >= 15 is 0 Å².